The summed E-state index contributed by atoms with van der Waals surface area (Å²) in [6.45, 7) is 1.53. The van der Waals surface area contributed by atoms with E-state index in [1.807, 2.05) is 0 Å². The summed E-state index contributed by atoms with van der Waals surface area (Å²) in [4.78, 5) is -0.130. The van der Waals surface area contributed by atoms with Gasteiger partial charge in [-0.15, -0.1) is 0 Å². The summed E-state index contributed by atoms with van der Waals surface area (Å²) < 4.78 is 42.3. The average molecular weight is 375 g/mol. The summed E-state index contributed by atoms with van der Waals surface area (Å²) in [6, 6.07) is 6.88. The third-order valence-electron chi connectivity index (χ3n) is 2.76. The number of sulfonamides is 1. The SMILES string of the molecule is Cc1c(Oc2ccc(Br)c(F)c2)cc(N)cc1S(N)(=O)=O. The molecule has 0 unspecified atom stereocenters. The van der Waals surface area contributed by atoms with E-state index in [0.29, 0.717) is 10.0 Å². The Morgan fingerprint density at radius 3 is 2.48 bits per heavy atom. The highest BCUT2D eigenvalue weighted by atomic mass is 79.9. The van der Waals surface area contributed by atoms with Crippen molar-refractivity contribution >= 4 is 31.6 Å². The minimum absolute atomic E-state index is 0.130. The molecule has 0 spiro atoms. The van der Waals surface area contributed by atoms with Gasteiger partial charge in [0.1, 0.15) is 17.3 Å². The number of primary sulfonamides is 1. The van der Waals surface area contributed by atoms with Gasteiger partial charge in [0.15, 0.2) is 0 Å². The van der Waals surface area contributed by atoms with Crippen LogP contribution in [0, 0.1) is 12.7 Å². The Bertz CT molecular complexity index is 809. The summed E-state index contributed by atoms with van der Waals surface area (Å²) in [5.74, 6) is -0.0914. The molecule has 2 aromatic carbocycles. The van der Waals surface area contributed by atoms with E-state index in [-0.39, 0.29) is 22.1 Å². The lowest BCUT2D eigenvalue weighted by molar-refractivity contribution is 0.470. The lowest BCUT2D eigenvalue weighted by Gasteiger charge is -2.13. The summed E-state index contributed by atoms with van der Waals surface area (Å²) >= 11 is 3.03. The smallest absolute Gasteiger partial charge is 0.238 e. The molecule has 0 fully saturated rings. The lowest BCUT2D eigenvalue weighted by atomic mass is 10.2. The first kappa shape index (κ1) is 15.7. The summed E-state index contributed by atoms with van der Waals surface area (Å²) in [5.41, 5.74) is 6.13. The van der Waals surface area contributed by atoms with Crippen molar-refractivity contribution < 1.29 is 17.5 Å². The largest absolute Gasteiger partial charge is 0.457 e. The van der Waals surface area contributed by atoms with Gasteiger partial charge in [-0.25, -0.2) is 17.9 Å². The van der Waals surface area contributed by atoms with Crippen molar-refractivity contribution in [3.05, 3.63) is 46.2 Å². The number of ether oxygens (including phenoxy) is 1. The van der Waals surface area contributed by atoms with Crippen LogP contribution in [0.15, 0.2) is 39.7 Å². The molecule has 2 aromatic rings. The number of hydrogen-bond donors (Lipinski definition) is 2. The monoisotopic (exact) mass is 374 g/mol. The van der Waals surface area contributed by atoms with Crippen LogP contribution in [0.5, 0.6) is 11.5 Å². The normalized spacial score (nSPS) is 11.4. The highest BCUT2D eigenvalue weighted by Gasteiger charge is 2.17. The van der Waals surface area contributed by atoms with Crippen LogP contribution in [0.3, 0.4) is 0 Å². The van der Waals surface area contributed by atoms with Crippen LogP contribution in [-0.4, -0.2) is 8.42 Å². The molecule has 4 N–H and O–H groups in total. The quantitative estimate of drug-likeness (QED) is 0.807. The van der Waals surface area contributed by atoms with Crippen LogP contribution < -0.4 is 15.6 Å². The maximum Gasteiger partial charge on any atom is 0.238 e. The number of nitrogens with two attached hydrogens (primary N) is 2. The van der Waals surface area contributed by atoms with E-state index in [0.717, 1.165) is 0 Å². The van der Waals surface area contributed by atoms with Crippen molar-refractivity contribution in [3.63, 3.8) is 0 Å². The van der Waals surface area contributed by atoms with E-state index < -0.39 is 15.8 Å². The van der Waals surface area contributed by atoms with Gasteiger partial charge in [0, 0.05) is 23.4 Å². The third-order valence-corrected chi connectivity index (χ3v) is 4.44. The van der Waals surface area contributed by atoms with E-state index in [2.05, 4.69) is 15.9 Å². The Morgan fingerprint density at radius 2 is 1.90 bits per heavy atom. The number of hydrogen-bond acceptors (Lipinski definition) is 4. The first-order chi connectivity index (χ1) is 9.68. The molecule has 0 saturated carbocycles. The van der Waals surface area contributed by atoms with Gasteiger partial charge in [0.2, 0.25) is 10.0 Å². The zero-order valence-electron chi connectivity index (χ0n) is 10.9. The Balaban J connectivity index is 2.49. The molecule has 0 aromatic heterocycles. The topological polar surface area (TPSA) is 95.4 Å². The fraction of sp³-hybridized carbons (Fsp3) is 0.0769. The molecule has 5 nitrogen and oxygen atoms in total. The zero-order chi connectivity index (χ0) is 15.8. The predicted octanol–water partition coefficient (Wildman–Crippen LogP) is 2.92. The molecule has 0 saturated heterocycles. The van der Waals surface area contributed by atoms with Crippen LogP contribution in [0.25, 0.3) is 0 Å². The number of nitrogen functional groups attached to an aromatic ring is 1. The molecule has 0 heterocycles. The summed E-state index contributed by atoms with van der Waals surface area (Å²) in [6.07, 6.45) is 0. The van der Waals surface area contributed by atoms with Gasteiger partial charge in [-0.2, -0.15) is 0 Å². The van der Waals surface area contributed by atoms with Crippen LogP contribution in [0.2, 0.25) is 0 Å². The van der Waals surface area contributed by atoms with Crippen molar-refractivity contribution in [2.24, 2.45) is 5.14 Å². The lowest BCUT2D eigenvalue weighted by Crippen LogP contribution is -2.14. The first-order valence-corrected chi connectivity index (χ1v) is 8.08. The van der Waals surface area contributed by atoms with Crippen molar-refractivity contribution in [1.82, 2.24) is 0 Å². The maximum absolute atomic E-state index is 13.5. The van der Waals surface area contributed by atoms with Crippen molar-refractivity contribution in [3.8, 4) is 11.5 Å². The molecule has 0 amide bonds. The molecule has 2 rings (SSSR count). The highest BCUT2D eigenvalue weighted by Crippen LogP contribution is 2.32. The third kappa shape index (κ3) is 3.52. The van der Waals surface area contributed by atoms with E-state index in [1.165, 1.54) is 37.3 Å². The second kappa shape index (κ2) is 5.63. The molecule has 0 aliphatic rings. The summed E-state index contributed by atoms with van der Waals surface area (Å²) in [5, 5.41) is 5.13. The second-order valence-corrected chi connectivity index (χ2v) is 6.75. The molecule has 21 heavy (non-hydrogen) atoms. The van der Waals surface area contributed by atoms with Gasteiger partial charge in [-0.1, -0.05) is 0 Å². The molecule has 0 bridgehead atoms. The number of rotatable bonds is 3. The molecule has 8 heteroatoms. The van der Waals surface area contributed by atoms with Crippen LogP contribution in [0.1, 0.15) is 5.56 Å². The minimum atomic E-state index is -3.93. The molecule has 0 atom stereocenters. The van der Waals surface area contributed by atoms with Gasteiger partial charge >= 0.3 is 0 Å². The first-order valence-electron chi connectivity index (χ1n) is 5.74. The van der Waals surface area contributed by atoms with Gasteiger partial charge in [-0.05, 0) is 41.1 Å². The summed E-state index contributed by atoms with van der Waals surface area (Å²) in [7, 11) is -3.93. The van der Waals surface area contributed by atoms with Crippen molar-refractivity contribution in [1.29, 1.82) is 0 Å². The Morgan fingerprint density at radius 1 is 1.24 bits per heavy atom. The average Bonchev–Trinajstić information content (AvgIpc) is 2.36. The number of benzene rings is 2. The van der Waals surface area contributed by atoms with Gasteiger partial charge in [0.05, 0.1) is 9.37 Å². The van der Waals surface area contributed by atoms with Crippen molar-refractivity contribution in [2.75, 3.05) is 5.73 Å². The second-order valence-electron chi connectivity index (χ2n) is 4.37. The fourth-order valence-corrected chi connectivity index (χ4v) is 2.83. The number of anilines is 1. The van der Waals surface area contributed by atoms with Crippen LogP contribution in [-0.2, 0) is 10.0 Å². The van der Waals surface area contributed by atoms with E-state index in [9.17, 15) is 12.8 Å². The maximum atomic E-state index is 13.5. The zero-order valence-corrected chi connectivity index (χ0v) is 13.3. The Hall–Kier alpha value is -1.64. The van der Waals surface area contributed by atoms with Crippen molar-refractivity contribution in [2.45, 2.75) is 11.8 Å². The number of halogens is 2. The molecular formula is C13H12BrFN2O3S. The molecular weight excluding hydrogens is 363 g/mol. The van der Waals surface area contributed by atoms with E-state index in [4.69, 9.17) is 15.6 Å². The fourth-order valence-electron chi connectivity index (χ4n) is 1.75. The van der Waals surface area contributed by atoms with Gasteiger partial charge in [-0.3, -0.25) is 0 Å². The van der Waals surface area contributed by atoms with E-state index in [1.54, 1.807) is 0 Å². The Labute approximate surface area is 129 Å². The highest BCUT2D eigenvalue weighted by molar-refractivity contribution is 9.10. The van der Waals surface area contributed by atoms with Gasteiger partial charge in [0.25, 0.3) is 0 Å². The molecule has 0 aliphatic carbocycles. The predicted molar refractivity (Wildman–Crippen MR) is 81.1 cm³/mol. The van der Waals surface area contributed by atoms with Crippen LogP contribution >= 0.6 is 15.9 Å². The molecule has 0 radical (unpaired) electrons. The minimum Gasteiger partial charge on any atom is -0.457 e. The van der Waals surface area contributed by atoms with E-state index >= 15 is 0 Å². The molecule has 0 aliphatic heterocycles. The van der Waals surface area contributed by atoms with Crippen LogP contribution in [0.4, 0.5) is 10.1 Å². The Kier molecular flexibility index (Phi) is 4.22. The molecule has 112 valence electrons. The standard InChI is InChI=1S/C13H12BrFN2O3S/c1-7-12(4-8(16)5-13(7)21(17,18)19)20-9-2-3-10(14)11(15)6-9/h2-6H,16H2,1H3,(H2,17,18,19). The van der Waals surface area contributed by atoms with Gasteiger partial charge < -0.3 is 10.5 Å².